The normalized spacial score (nSPS) is 11.8. The quantitative estimate of drug-likeness (QED) is 0.924. The largest absolute Gasteiger partial charge is 0.306 e. The lowest BCUT2D eigenvalue weighted by atomic mass is 10.1. The maximum atomic E-state index is 4.22. The summed E-state index contributed by atoms with van der Waals surface area (Å²) >= 11 is 1.61. The van der Waals surface area contributed by atoms with Gasteiger partial charge in [-0.25, -0.2) is 0 Å². The SMILES string of the molecule is Cc1cncc(-c2nnc(CNC(C)(C)C)s2)c1. The molecule has 0 aliphatic heterocycles. The molecule has 0 spiro atoms. The van der Waals surface area contributed by atoms with E-state index in [0.29, 0.717) is 0 Å². The van der Waals surface area contributed by atoms with Crippen LogP contribution in [0.1, 0.15) is 31.3 Å². The molecule has 2 aromatic heterocycles. The number of rotatable bonds is 3. The van der Waals surface area contributed by atoms with Crippen LogP contribution in [0.4, 0.5) is 0 Å². The average Bonchev–Trinajstić information content (AvgIpc) is 2.74. The molecule has 5 heteroatoms. The first-order chi connectivity index (χ1) is 8.44. The molecule has 2 rings (SSSR count). The van der Waals surface area contributed by atoms with Crippen LogP contribution in [-0.2, 0) is 6.54 Å². The van der Waals surface area contributed by atoms with Gasteiger partial charge in [0.1, 0.15) is 10.0 Å². The number of aryl methyl sites for hydroxylation is 1. The number of nitrogens with one attached hydrogen (secondary N) is 1. The molecule has 0 radical (unpaired) electrons. The van der Waals surface area contributed by atoms with E-state index in [1.165, 1.54) is 0 Å². The van der Waals surface area contributed by atoms with Crippen LogP contribution in [0.2, 0.25) is 0 Å². The maximum Gasteiger partial charge on any atom is 0.149 e. The third kappa shape index (κ3) is 3.58. The van der Waals surface area contributed by atoms with Gasteiger partial charge < -0.3 is 5.32 Å². The molecule has 0 saturated heterocycles. The fraction of sp³-hybridized carbons (Fsp3) is 0.462. The lowest BCUT2D eigenvalue weighted by molar-refractivity contribution is 0.423. The van der Waals surface area contributed by atoms with Crippen LogP contribution in [-0.4, -0.2) is 20.7 Å². The summed E-state index contributed by atoms with van der Waals surface area (Å²) in [6.45, 7) is 9.19. The number of hydrogen-bond donors (Lipinski definition) is 1. The number of hydrogen-bond acceptors (Lipinski definition) is 5. The van der Waals surface area contributed by atoms with Gasteiger partial charge in [0.2, 0.25) is 0 Å². The Balaban J connectivity index is 2.11. The van der Waals surface area contributed by atoms with Gasteiger partial charge in [-0.3, -0.25) is 4.98 Å². The first-order valence-corrected chi connectivity index (χ1v) is 6.75. The Kier molecular flexibility index (Phi) is 3.73. The van der Waals surface area contributed by atoms with Gasteiger partial charge in [-0.1, -0.05) is 11.3 Å². The van der Waals surface area contributed by atoms with E-state index >= 15 is 0 Å². The number of aromatic nitrogens is 3. The molecule has 4 nitrogen and oxygen atoms in total. The molecule has 18 heavy (non-hydrogen) atoms. The minimum Gasteiger partial charge on any atom is -0.306 e. The smallest absolute Gasteiger partial charge is 0.149 e. The molecule has 0 amide bonds. The Morgan fingerprint density at radius 1 is 1.22 bits per heavy atom. The second-order valence-corrected chi connectivity index (χ2v) is 6.42. The predicted molar refractivity (Wildman–Crippen MR) is 74.5 cm³/mol. The zero-order chi connectivity index (χ0) is 13.2. The molecule has 0 aliphatic rings. The summed E-state index contributed by atoms with van der Waals surface area (Å²) in [6.07, 6.45) is 3.67. The highest BCUT2D eigenvalue weighted by Gasteiger charge is 2.12. The van der Waals surface area contributed by atoms with E-state index in [2.05, 4.69) is 47.3 Å². The summed E-state index contributed by atoms with van der Waals surface area (Å²) in [6, 6.07) is 2.08. The third-order valence-corrected chi connectivity index (χ3v) is 3.33. The second kappa shape index (κ2) is 5.12. The maximum absolute atomic E-state index is 4.22. The molecule has 0 aliphatic carbocycles. The molecule has 0 aromatic carbocycles. The summed E-state index contributed by atoms with van der Waals surface area (Å²) in [4.78, 5) is 4.18. The zero-order valence-electron chi connectivity index (χ0n) is 11.2. The average molecular weight is 262 g/mol. The molecular weight excluding hydrogens is 244 g/mol. The van der Waals surface area contributed by atoms with Crippen LogP contribution in [0.25, 0.3) is 10.6 Å². The van der Waals surface area contributed by atoms with E-state index in [0.717, 1.165) is 27.7 Å². The summed E-state index contributed by atoms with van der Waals surface area (Å²) in [5.41, 5.74) is 2.27. The Morgan fingerprint density at radius 2 is 2.00 bits per heavy atom. The van der Waals surface area contributed by atoms with E-state index in [-0.39, 0.29) is 5.54 Å². The standard InChI is InChI=1S/C13H18N4S/c1-9-5-10(7-14-6-9)12-17-16-11(18-12)8-15-13(2,3)4/h5-7,15H,8H2,1-4H3. The summed E-state index contributed by atoms with van der Waals surface area (Å²) in [7, 11) is 0. The Labute approximate surface area is 111 Å². The van der Waals surface area contributed by atoms with E-state index in [1.807, 2.05) is 19.3 Å². The molecule has 96 valence electrons. The minimum atomic E-state index is 0.0940. The van der Waals surface area contributed by atoms with Crippen molar-refractivity contribution in [3.63, 3.8) is 0 Å². The van der Waals surface area contributed by atoms with Gasteiger partial charge in [-0.05, 0) is 39.3 Å². The zero-order valence-corrected chi connectivity index (χ0v) is 12.0. The monoisotopic (exact) mass is 262 g/mol. The Bertz CT molecular complexity index is 528. The van der Waals surface area contributed by atoms with Crippen LogP contribution in [0.15, 0.2) is 18.5 Å². The van der Waals surface area contributed by atoms with Crippen LogP contribution in [0.5, 0.6) is 0 Å². The van der Waals surface area contributed by atoms with Gasteiger partial charge in [0.15, 0.2) is 0 Å². The van der Waals surface area contributed by atoms with Crippen molar-refractivity contribution < 1.29 is 0 Å². The highest BCUT2D eigenvalue weighted by molar-refractivity contribution is 7.14. The Morgan fingerprint density at radius 3 is 2.67 bits per heavy atom. The van der Waals surface area contributed by atoms with Crippen LogP contribution >= 0.6 is 11.3 Å². The summed E-state index contributed by atoms with van der Waals surface area (Å²) in [5, 5.41) is 13.8. The molecule has 0 fully saturated rings. The highest BCUT2D eigenvalue weighted by Crippen LogP contribution is 2.23. The predicted octanol–water partition coefficient (Wildman–Crippen LogP) is 2.80. The van der Waals surface area contributed by atoms with Crippen molar-refractivity contribution in [2.75, 3.05) is 0 Å². The van der Waals surface area contributed by atoms with E-state index < -0.39 is 0 Å². The number of pyridine rings is 1. The molecular formula is C13H18N4S. The topological polar surface area (TPSA) is 50.7 Å². The molecule has 0 bridgehead atoms. The van der Waals surface area contributed by atoms with Crippen molar-refractivity contribution in [1.29, 1.82) is 0 Å². The van der Waals surface area contributed by atoms with Gasteiger partial charge in [-0.15, -0.1) is 10.2 Å². The fourth-order valence-corrected chi connectivity index (χ4v) is 2.21. The Hall–Kier alpha value is -1.33. The van der Waals surface area contributed by atoms with Gasteiger partial charge in [-0.2, -0.15) is 0 Å². The molecule has 2 heterocycles. The van der Waals surface area contributed by atoms with E-state index in [9.17, 15) is 0 Å². The van der Waals surface area contributed by atoms with Crippen molar-refractivity contribution in [3.05, 3.63) is 29.0 Å². The van der Waals surface area contributed by atoms with Crippen LogP contribution in [0.3, 0.4) is 0 Å². The first-order valence-electron chi connectivity index (χ1n) is 5.93. The fourth-order valence-electron chi connectivity index (χ4n) is 1.45. The minimum absolute atomic E-state index is 0.0940. The third-order valence-electron chi connectivity index (χ3n) is 2.36. The van der Waals surface area contributed by atoms with Crippen LogP contribution < -0.4 is 5.32 Å². The van der Waals surface area contributed by atoms with Gasteiger partial charge in [0, 0.05) is 23.5 Å². The van der Waals surface area contributed by atoms with Gasteiger partial charge in [0.05, 0.1) is 6.54 Å². The van der Waals surface area contributed by atoms with Gasteiger partial charge in [0.25, 0.3) is 0 Å². The number of nitrogens with zero attached hydrogens (tertiary/aromatic N) is 3. The van der Waals surface area contributed by atoms with Crippen molar-refractivity contribution in [2.45, 2.75) is 39.8 Å². The van der Waals surface area contributed by atoms with Crippen LogP contribution in [0, 0.1) is 6.92 Å². The first kappa shape index (κ1) is 13.1. The lowest BCUT2D eigenvalue weighted by Crippen LogP contribution is -2.35. The summed E-state index contributed by atoms with van der Waals surface area (Å²) < 4.78 is 0. The van der Waals surface area contributed by atoms with E-state index in [1.54, 1.807) is 11.3 Å². The van der Waals surface area contributed by atoms with Crippen molar-refractivity contribution >= 4 is 11.3 Å². The lowest BCUT2D eigenvalue weighted by Gasteiger charge is -2.19. The molecule has 2 aromatic rings. The highest BCUT2D eigenvalue weighted by atomic mass is 32.1. The van der Waals surface area contributed by atoms with Gasteiger partial charge >= 0.3 is 0 Å². The molecule has 0 atom stereocenters. The summed E-state index contributed by atoms with van der Waals surface area (Å²) in [5.74, 6) is 0. The van der Waals surface area contributed by atoms with E-state index in [4.69, 9.17) is 0 Å². The van der Waals surface area contributed by atoms with Crippen molar-refractivity contribution in [1.82, 2.24) is 20.5 Å². The molecule has 0 saturated carbocycles. The second-order valence-electron chi connectivity index (χ2n) is 5.36. The molecule has 1 N–H and O–H groups in total. The van der Waals surface area contributed by atoms with Crippen molar-refractivity contribution in [2.24, 2.45) is 0 Å². The molecule has 0 unspecified atom stereocenters. The van der Waals surface area contributed by atoms with Crippen molar-refractivity contribution in [3.8, 4) is 10.6 Å².